The van der Waals surface area contributed by atoms with E-state index in [-0.39, 0.29) is 23.4 Å². The van der Waals surface area contributed by atoms with Crippen LogP contribution in [0.5, 0.6) is 0 Å². The summed E-state index contributed by atoms with van der Waals surface area (Å²) < 4.78 is 36.3. The number of cyclic esters (lactones) is 1. The fourth-order valence-corrected chi connectivity index (χ4v) is 10.8. The Bertz CT molecular complexity index is 1200. The number of allylic oxidation sites excluding steroid dienone is 1. The number of fused-ring (bicyclic) bond motifs is 6. The molecule has 0 aromatic heterocycles. The monoisotopic (exact) mass is 688 g/mol. The second-order valence-corrected chi connectivity index (χ2v) is 16.7. The maximum Gasteiger partial charge on any atom is 0.338 e. The SMILES string of the molecule is CCCCCCCCCCCCCC(O)C1OC(CCC)O[C@@]2(CC[C@H]3[C@@H]4CCC5=CC(=O)CC[C@]5(C)[C@@]4(F)CC[C@@]32C)C(=O)COC1=O. The van der Waals surface area contributed by atoms with Crippen molar-refractivity contribution in [3.63, 3.8) is 0 Å². The van der Waals surface area contributed by atoms with Gasteiger partial charge in [0.1, 0.15) is 11.3 Å². The van der Waals surface area contributed by atoms with Crippen LogP contribution in [0.1, 0.15) is 169 Å². The largest absolute Gasteiger partial charge is 0.456 e. The van der Waals surface area contributed by atoms with E-state index in [1.165, 1.54) is 51.4 Å². The number of carbonyl (C=O) groups excluding carboxylic acids is 3. The first-order valence-corrected chi connectivity index (χ1v) is 20.1. The Labute approximate surface area is 294 Å². The van der Waals surface area contributed by atoms with Gasteiger partial charge in [0.25, 0.3) is 0 Å². The zero-order chi connectivity index (χ0) is 35.3. The van der Waals surface area contributed by atoms with Gasteiger partial charge in [-0.2, -0.15) is 0 Å². The van der Waals surface area contributed by atoms with E-state index >= 15 is 4.39 Å². The van der Waals surface area contributed by atoms with E-state index in [0.29, 0.717) is 70.6 Å². The van der Waals surface area contributed by atoms with Crippen LogP contribution in [-0.4, -0.2) is 59.0 Å². The highest BCUT2D eigenvalue weighted by Gasteiger charge is 2.72. The molecule has 0 aromatic carbocycles. The number of Topliss-reactive ketones (excluding diaryl/α,β-unsaturated/α-hetero) is 1. The molecule has 0 aromatic rings. The number of alkyl halides is 1. The maximum atomic E-state index is 17.6. The first-order chi connectivity index (χ1) is 23.5. The van der Waals surface area contributed by atoms with Crippen molar-refractivity contribution in [3.8, 4) is 0 Å². The summed E-state index contributed by atoms with van der Waals surface area (Å²) >= 11 is 0. The highest BCUT2D eigenvalue weighted by molar-refractivity contribution is 5.92. The van der Waals surface area contributed by atoms with Crippen LogP contribution in [0.2, 0.25) is 0 Å². The first-order valence-electron chi connectivity index (χ1n) is 20.1. The van der Waals surface area contributed by atoms with Crippen LogP contribution in [-0.2, 0) is 28.6 Å². The normalized spacial score (nSPS) is 38.5. The van der Waals surface area contributed by atoms with Crippen LogP contribution in [0.4, 0.5) is 4.39 Å². The molecule has 278 valence electrons. The van der Waals surface area contributed by atoms with Gasteiger partial charge in [0.15, 0.2) is 24.8 Å². The van der Waals surface area contributed by atoms with Gasteiger partial charge in [0.05, 0.1) is 6.10 Å². The molecule has 49 heavy (non-hydrogen) atoms. The Balaban J connectivity index is 1.24. The third kappa shape index (κ3) is 7.49. The molecule has 0 amide bonds. The number of carbonyl (C=O) groups is 3. The van der Waals surface area contributed by atoms with Gasteiger partial charge in [-0.1, -0.05) is 110 Å². The lowest BCUT2D eigenvalue weighted by Gasteiger charge is -2.62. The topological polar surface area (TPSA) is 99.1 Å². The lowest BCUT2D eigenvalue weighted by molar-refractivity contribution is -0.266. The average molecular weight is 689 g/mol. The van der Waals surface area contributed by atoms with E-state index in [1.54, 1.807) is 6.08 Å². The van der Waals surface area contributed by atoms with Gasteiger partial charge in [-0.3, -0.25) is 9.59 Å². The molecule has 3 saturated carbocycles. The molecule has 7 nitrogen and oxygen atoms in total. The lowest BCUT2D eigenvalue weighted by Crippen LogP contribution is -2.65. The van der Waals surface area contributed by atoms with Crippen molar-refractivity contribution in [2.45, 2.75) is 199 Å². The molecule has 1 saturated heterocycles. The molecule has 3 unspecified atom stereocenters. The number of halogens is 1. The molecular weight excluding hydrogens is 623 g/mol. The van der Waals surface area contributed by atoms with Gasteiger partial charge in [0, 0.05) is 17.3 Å². The zero-order valence-electron chi connectivity index (χ0n) is 31.0. The summed E-state index contributed by atoms with van der Waals surface area (Å²) in [7, 11) is 0. The van der Waals surface area contributed by atoms with Crippen molar-refractivity contribution < 1.29 is 38.1 Å². The average Bonchev–Trinajstić information content (AvgIpc) is 3.39. The van der Waals surface area contributed by atoms with Gasteiger partial charge in [-0.25, -0.2) is 9.18 Å². The number of ketones is 2. The van der Waals surface area contributed by atoms with Gasteiger partial charge in [-0.15, -0.1) is 0 Å². The highest BCUT2D eigenvalue weighted by atomic mass is 19.1. The first kappa shape index (κ1) is 38.6. The number of rotatable bonds is 15. The van der Waals surface area contributed by atoms with Crippen molar-refractivity contribution in [1.29, 1.82) is 0 Å². The molecule has 9 atom stereocenters. The quantitative estimate of drug-likeness (QED) is 0.135. The Morgan fingerprint density at radius 1 is 0.837 bits per heavy atom. The summed E-state index contributed by atoms with van der Waals surface area (Å²) in [5.41, 5.74) is -3.11. The summed E-state index contributed by atoms with van der Waals surface area (Å²) in [6.45, 7) is 7.90. The zero-order valence-corrected chi connectivity index (χ0v) is 31.0. The van der Waals surface area contributed by atoms with Gasteiger partial charge in [-0.05, 0) is 75.7 Å². The van der Waals surface area contributed by atoms with E-state index in [0.717, 1.165) is 24.8 Å². The number of hydrogen-bond donors (Lipinski definition) is 1. The predicted molar refractivity (Wildman–Crippen MR) is 187 cm³/mol. The minimum absolute atomic E-state index is 0.0904. The number of ether oxygens (including phenoxy) is 3. The summed E-state index contributed by atoms with van der Waals surface area (Å²) in [6.07, 6.45) is 17.3. The lowest BCUT2D eigenvalue weighted by atomic mass is 9.44. The summed E-state index contributed by atoms with van der Waals surface area (Å²) in [5, 5.41) is 11.2. The molecule has 5 rings (SSSR count). The van der Waals surface area contributed by atoms with E-state index in [2.05, 4.69) is 13.8 Å². The summed E-state index contributed by atoms with van der Waals surface area (Å²) in [4.78, 5) is 39.9. The molecule has 8 heteroatoms. The second kappa shape index (κ2) is 16.4. The third-order valence-electron chi connectivity index (χ3n) is 13.8. The Morgan fingerprint density at radius 2 is 1.51 bits per heavy atom. The summed E-state index contributed by atoms with van der Waals surface area (Å²) in [6, 6.07) is 0. The molecule has 1 N–H and O–H groups in total. The molecule has 0 radical (unpaired) electrons. The van der Waals surface area contributed by atoms with Crippen molar-refractivity contribution in [2.75, 3.05) is 6.61 Å². The smallest absolute Gasteiger partial charge is 0.338 e. The molecule has 4 fully saturated rings. The van der Waals surface area contributed by atoms with E-state index in [4.69, 9.17) is 14.2 Å². The molecule has 4 aliphatic carbocycles. The second-order valence-electron chi connectivity index (χ2n) is 16.7. The highest BCUT2D eigenvalue weighted by Crippen LogP contribution is 2.71. The fraction of sp³-hybridized carbons (Fsp3) is 0.878. The molecule has 1 aliphatic heterocycles. The molecule has 0 bridgehead atoms. The van der Waals surface area contributed by atoms with Crippen molar-refractivity contribution in [3.05, 3.63) is 11.6 Å². The van der Waals surface area contributed by atoms with Crippen molar-refractivity contribution in [1.82, 2.24) is 0 Å². The summed E-state index contributed by atoms with van der Waals surface area (Å²) in [5.74, 6) is -1.25. The van der Waals surface area contributed by atoms with Crippen LogP contribution >= 0.6 is 0 Å². The molecule has 5 aliphatic rings. The van der Waals surface area contributed by atoms with Crippen molar-refractivity contribution >= 4 is 17.5 Å². The maximum absolute atomic E-state index is 17.6. The number of aliphatic hydroxyl groups is 1. The van der Waals surface area contributed by atoms with Crippen LogP contribution in [0.15, 0.2) is 11.6 Å². The minimum atomic E-state index is -1.45. The Morgan fingerprint density at radius 3 is 2.18 bits per heavy atom. The van der Waals surface area contributed by atoms with Crippen LogP contribution in [0.3, 0.4) is 0 Å². The number of aliphatic hydroxyl groups excluding tert-OH is 1. The number of esters is 1. The van der Waals surface area contributed by atoms with Crippen LogP contribution in [0.25, 0.3) is 0 Å². The third-order valence-corrected chi connectivity index (χ3v) is 13.8. The Kier molecular flexibility index (Phi) is 12.9. The van der Waals surface area contributed by atoms with E-state index in [1.807, 2.05) is 13.8 Å². The number of hydrogen-bond acceptors (Lipinski definition) is 7. The predicted octanol–water partition coefficient (Wildman–Crippen LogP) is 9.07. The van der Waals surface area contributed by atoms with E-state index < -0.39 is 53.2 Å². The molecular formula is C41H65FO7. The van der Waals surface area contributed by atoms with E-state index in [9.17, 15) is 19.5 Å². The minimum Gasteiger partial charge on any atom is -0.456 e. The Hall–Kier alpha value is -1.64. The van der Waals surface area contributed by atoms with Crippen molar-refractivity contribution in [2.24, 2.45) is 22.7 Å². The van der Waals surface area contributed by atoms with Gasteiger partial charge in [0.2, 0.25) is 5.78 Å². The van der Waals surface area contributed by atoms with Crippen LogP contribution in [0, 0.1) is 22.7 Å². The standard InChI is InChI=1S/C41H65FO7/c1-5-7-8-9-10-11-12-13-14-15-16-18-33(44)36-37(46)47-28-34(45)41(49-35(48-36)17-6-2)24-22-31-32-20-19-29-27-30(43)21-23-38(29,3)40(32,42)26-25-39(31,41)4/h27,31-33,35-36,44H,5-26,28H2,1-4H3/t31-,32-,33?,35?,36?,38-,39-,40+,41-/m0/s1. The van der Waals surface area contributed by atoms with Gasteiger partial charge >= 0.3 is 5.97 Å². The van der Waals surface area contributed by atoms with Crippen LogP contribution < -0.4 is 0 Å². The van der Waals surface area contributed by atoms with Gasteiger partial charge < -0.3 is 19.3 Å². The fourth-order valence-electron chi connectivity index (χ4n) is 10.8. The molecule has 1 heterocycles. The molecule has 1 spiro atoms. The number of unbranched alkanes of at least 4 members (excludes halogenated alkanes) is 10.